The maximum absolute atomic E-state index is 11.1. The predicted molar refractivity (Wildman–Crippen MR) is 52.8 cm³/mol. The SMILES string of the molecule is CCCCCCC1OC(=O)C(=O)C1C. The Labute approximate surface area is 84.8 Å². The molecule has 0 aliphatic carbocycles. The summed E-state index contributed by atoms with van der Waals surface area (Å²) in [5, 5.41) is 0. The van der Waals surface area contributed by atoms with E-state index in [0.717, 1.165) is 19.3 Å². The van der Waals surface area contributed by atoms with Crippen LogP contribution < -0.4 is 0 Å². The molecule has 1 saturated heterocycles. The summed E-state index contributed by atoms with van der Waals surface area (Å²) in [6.45, 7) is 3.93. The molecule has 3 nitrogen and oxygen atoms in total. The average Bonchev–Trinajstić information content (AvgIpc) is 2.41. The molecule has 1 heterocycles. The van der Waals surface area contributed by atoms with E-state index in [0.29, 0.717) is 0 Å². The van der Waals surface area contributed by atoms with Crippen LogP contribution in [0.1, 0.15) is 46.0 Å². The molecule has 1 aliphatic rings. The lowest BCUT2D eigenvalue weighted by atomic mass is 9.98. The largest absolute Gasteiger partial charge is 0.456 e. The van der Waals surface area contributed by atoms with Crippen LogP contribution in [0.3, 0.4) is 0 Å². The molecule has 0 aromatic heterocycles. The van der Waals surface area contributed by atoms with E-state index in [9.17, 15) is 9.59 Å². The van der Waals surface area contributed by atoms with Gasteiger partial charge in [-0.2, -0.15) is 0 Å². The Balaban J connectivity index is 2.26. The lowest BCUT2D eigenvalue weighted by molar-refractivity contribution is -0.149. The number of ketones is 1. The van der Waals surface area contributed by atoms with Gasteiger partial charge in [-0.3, -0.25) is 4.79 Å². The van der Waals surface area contributed by atoms with Crippen molar-refractivity contribution < 1.29 is 14.3 Å². The Morgan fingerprint density at radius 1 is 1.21 bits per heavy atom. The summed E-state index contributed by atoms with van der Waals surface area (Å²) in [6.07, 6.45) is 5.28. The number of carbonyl (C=O) groups excluding carboxylic acids is 2. The summed E-state index contributed by atoms with van der Waals surface area (Å²) in [4.78, 5) is 22.0. The number of ether oxygens (including phenoxy) is 1. The molecule has 2 unspecified atom stereocenters. The van der Waals surface area contributed by atoms with Crippen LogP contribution in [0.15, 0.2) is 0 Å². The summed E-state index contributed by atoms with van der Waals surface area (Å²) >= 11 is 0. The summed E-state index contributed by atoms with van der Waals surface area (Å²) in [7, 11) is 0. The van der Waals surface area contributed by atoms with Crippen LogP contribution in [0.25, 0.3) is 0 Å². The normalized spacial score (nSPS) is 26.7. The standard InChI is InChI=1S/C11H18O3/c1-3-4-5-6-7-9-8(2)10(12)11(13)14-9/h8-9H,3-7H2,1-2H3. The maximum atomic E-state index is 11.1. The van der Waals surface area contributed by atoms with Crippen LogP contribution in [-0.2, 0) is 14.3 Å². The summed E-state index contributed by atoms with van der Waals surface area (Å²) < 4.78 is 4.98. The van der Waals surface area contributed by atoms with Gasteiger partial charge in [-0.1, -0.05) is 33.1 Å². The molecule has 3 heteroatoms. The number of hydrogen-bond donors (Lipinski definition) is 0. The van der Waals surface area contributed by atoms with Crippen LogP contribution in [0, 0.1) is 5.92 Å². The number of carbonyl (C=O) groups is 2. The topological polar surface area (TPSA) is 43.4 Å². The van der Waals surface area contributed by atoms with Gasteiger partial charge in [-0.05, 0) is 12.8 Å². The quantitative estimate of drug-likeness (QED) is 0.386. The molecule has 1 aliphatic heterocycles. The number of unbranched alkanes of at least 4 members (excludes halogenated alkanes) is 3. The van der Waals surface area contributed by atoms with Crippen molar-refractivity contribution in [2.45, 2.75) is 52.1 Å². The van der Waals surface area contributed by atoms with Gasteiger partial charge >= 0.3 is 5.97 Å². The van der Waals surface area contributed by atoms with Crippen molar-refractivity contribution in [1.29, 1.82) is 0 Å². The number of rotatable bonds is 5. The molecule has 0 bridgehead atoms. The highest BCUT2D eigenvalue weighted by Crippen LogP contribution is 2.23. The molecule has 0 aromatic carbocycles. The zero-order valence-electron chi connectivity index (χ0n) is 8.91. The van der Waals surface area contributed by atoms with E-state index in [1.807, 2.05) is 0 Å². The lowest BCUT2D eigenvalue weighted by Gasteiger charge is -2.11. The summed E-state index contributed by atoms with van der Waals surface area (Å²) in [5.41, 5.74) is 0. The van der Waals surface area contributed by atoms with Crippen molar-refractivity contribution in [3.63, 3.8) is 0 Å². The van der Waals surface area contributed by atoms with E-state index < -0.39 is 5.97 Å². The zero-order valence-corrected chi connectivity index (χ0v) is 8.91. The monoisotopic (exact) mass is 198 g/mol. The molecule has 0 N–H and O–H groups in total. The second kappa shape index (κ2) is 5.13. The molecule has 14 heavy (non-hydrogen) atoms. The molecule has 0 spiro atoms. The van der Waals surface area contributed by atoms with Crippen molar-refractivity contribution in [3.05, 3.63) is 0 Å². The van der Waals surface area contributed by atoms with Gasteiger partial charge in [0, 0.05) is 0 Å². The number of cyclic esters (lactones) is 1. The highest BCUT2D eigenvalue weighted by molar-refractivity contribution is 6.36. The van der Waals surface area contributed by atoms with Gasteiger partial charge in [0.25, 0.3) is 0 Å². The highest BCUT2D eigenvalue weighted by atomic mass is 16.6. The molecule has 2 atom stereocenters. The van der Waals surface area contributed by atoms with Gasteiger partial charge in [-0.15, -0.1) is 0 Å². The van der Waals surface area contributed by atoms with E-state index >= 15 is 0 Å². The summed E-state index contributed by atoms with van der Waals surface area (Å²) in [5.74, 6) is -1.23. The summed E-state index contributed by atoms with van der Waals surface area (Å²) in [6, 6.07) is 0. The van der Waals surface area contributed by atoms with E-state index in [1.165, 1.54) is 12.8 Å². The molecule has 0 saturated carbocycles. The fourth-order valence-electron chi connectivity index (χ4n) is 1.73. The maximum Gasteiger partial charge on any atom is 0.375 e. The molecule has 1 rings (SSSR count). The van der Waals surface area contributed by atoms with Crippen LogP contribution in [0.2, 0.25) is 0 Å². The molecular formula is C11H18O3. The van der Waals surface area contributed by atoms with E-state index in [4.69, 9.17) is 4.74 Å². The van der Waals surface area contributed by atoms with Crippen molar-refractivity contribution >= 4 is 11.8 Å². The Bertz CT molecular complexity index is 223. The average molecular weight is 198 g/mol. The van der Waals surface area contributed by atoms with Crippen LogP contribution >= 0.6 is 0 Å². The first-order chi connectivity index (χ1) is 6.66. The van der Waals surface area contributed by atoms with E-state index in [2.05, 4.69) is 6.92 Å². The second-order valence-corrected chi connectivity index (χ2v) is 3.95. The van der Waals surface area contributed by atoms with Gasteiger partial charge in [0.1, 0.15) is 6.10 Å². The first kappa shape index (κ1) is 11.2. The Hall–Kier alpha value is -0.860. The number of esters is 1. The molecule has 1 fully saturated rings. The van der Waals surface area contributed by atoms with Crippen LogP contribution in [-0.4, -0.2) is 17.9 Å². The van der Waals surface area contributed by atoms with Gasteiger partial charge in [0.05, 0.1) is 5.92 Å². The lowest BCUT2D eigenvalue weighted by Crippen LogP contribution is -2.17. The minimum atomic E-state index is -0.641. The number of Topliss-reactive ketones (excluding diaryl/α,β-unsaturated/α-hetero) is 1. The minimum absolute atomic E-state index is 0.160. The highest BCUT2D eigenvalue weighted by Gasteiger charge is 2.39. The molecule has 80 valence electrons. The van der Waals surface area contributed by atoms with Crippen LogP contribution in [0.5, 0.6) is 0 Å². The van der Waals surface area contributed by atoms with E-state index in [-0.39, 0.29) is 17.8 Å². The molecular weight excluding hydrogens is 180 g/mol. The smallest absolute Gasteiger partial charge is 0.375 e. The van der Waals surface area contributed by atoms with Crippen LogP contribution in [0.4, 0.5) is 0 Å². The van der Waals surface area contributed by atoms with Gasteiger partial charge in [0.15, 0.2) is 0 Å². The van der Waals surface area contributed by atoms with Crippen molar-refractivity contribution in [1.82, 2.24) is 0 Å². The van der Waals surface area contributed by atoms with Gasteiger partial charge < -0.3 is 4.74 Å². The molecule has 0 radical (unpaired) electrons. The van der Waals surface area contributed by atoms with Gasteiger partial charge in [0.2, 0.25) is 5.78 Å². The third kappa shape index (κ3) is 2.56. The molecule has 0 aromatic rings. The minimum Gasteiger partial charge on any atom is -0.456 e. The van der Waals surface area contributed by atoms with Crippen molar-refractivity contribution in [2.75, 3.05) is 0 Å². The predicted octanol–water partition coefficient (Wildman–Crippen LogP) is 2.09. The van der Waals surface area contributed by atoms with Crippen molar-refractivity contribution in [3.8, 4) is 0 Å². The third-order valence-electron chi connectivity index (χ3n) is 2.77. The second-order valence-electron chi connectivity index (χ2n) is 3.95. The fraction of sp³-hybridized carbons (Fsp3) is 0.818. The Kier molecular flexibility index (Phi) is 4.11. The molecule has 0 amide bonds. The first-order valence-electron chi connectivity index (χ1n) is 5.41. The first-order valence-corrected chi connectivity index (χ1v) is 5.41. The third-order valence-corrected chi connectivity index (χ3v) is 2.77. The van der Waals surface area contributed by atoms with E-state index in [1.54, 1.807) is 6.92 Å². The number of hydrogen-bond acceptors (Lipinski definition) is 3. The Morgan fingerprint density at radius 2 is 1.93 bits per heavy atom. The zero-order chi connectivity index (χ0) is 10.6. The fourth-order valence-corrected chi connectivity index (χ4v) is 1.73. The van der Waals surface area contributed by atoms with Gasteiger partial charge in [-0.25, -0.2) is 4.79 Å². The van der Waals surface area contributed by atoms with Crippen molar-refractivity contribution in [2.24, 2.45) is 5.92 Å². The Morgan fingerprint density at radius 3 is 2.43 bits per heavy atom.